The highest BCUT2D eigenvalue weighted by Crippen LogP contribution is 2.31. The van der Waals surface area contributed by atoms with Gasteiger partial charge >= 0.3 is 17.8 Å². The van der Waals surface area contributed by atoms with Crippen LogP contribution >= 0.6 is 0 Å². The first-order chi connectivity index (χ1) is 22.8. The van der Waals surface area contributed by atoms with Crippen LogP contribution in [0.25, 0.3) is 0 Å². The third-order valence-corrected chi connectivity index (χ3v) is 8.33. The van der Waals surface area contributed by atoms with Crippen molar-refractivity contribution in [2.75, 3.05) is 11.9 Å². The number of amides is 2. The summed E-state index contributed by atoms with van der Waals surface area (Å²) in [5, 5.41) is 16.3. The molecule has 3 rings (SSSR count). The number of benzene rings is 2. The number of Topliss-reactive ketones (excluding diaryl/α,β-unsaturated/α-hetero) is 1. The van der Waals surface area contributed by atoms with Gasteiger partial charge in [-0.3, -0.25) is 19.2 Å². The molecule has 1 aliphatic rings. The van der Waals surface area contributed by atoms with Gasteiger partial charge in [0.05, 0.1) is 12.5 Å². The largest absolute Gasteiger partial charge is 0.485 e. The number of carbonyl (C=O) groups excluding carboxylic acids is 4. The lowest BCUT2D eigenvalue weighted by molar-refractivity contribution is -0.157. The van der Waals surface area contributed by atoms with Crippen LogP contribution in [0.1, 0.15) is 92.1 Å². The molecular formula is C36H46F4N2O7. The molecule has 0 radical (unpaired) electrons. The van der Waals surface area contributed by atoms with Crippen LogP contribution < -0.4 is 15.4 Å². The van der Waals surface area contributed by atoms with E-state index < -0.39 is 71.0 Å². The van der Waals surface area contributed by atoms with E-state index in [4.69, 9.17) is 9.47 Å². The molecule has 2 amide bonds. The molecule has 1 fully saturated rings. The minimum absolute atomic E-state index is 0.0159. The van der Waals surface area contributed by atoms with Crippen LogP contribution in [-0.4, -0.2) is 53.0 Å². The van der Waals surface area contributed by atoms with Gasteiger partial charge in [-0.1, -0.05) is 39.0 Å². The fraction of sp³-hybridized carbons (Fsp3) is 0.556. The van der Waals surface area contributed by atoms with Crippen molar-refractivity contribution in [1.29, 1.82) is 0 Å². The van der Waals surface area contributed by atoms with E-state index in [9.17, 15) is 41.8 Å². The summed E-state index contributed by atoms with van der Waals surface area (Å²) in [6, 6.07) is 6.96. The molecule has 0 bridgehead atoms. The Morgan fingerprint density at radius 1 is 0.898 bits per heavy atom. The Hall–Kier alpha value is -4.00. The van der Waals surface area contributed by atoms with Crippen molar-refractivity contribution in [1.82, 2.24) is 5.32 Å². The zero-order valence-corrected chi connectivity index (χ0v) is 28.8. The van der Waals surface area contributed by atoms with Crippen LogP contribution in [-0.2, 0) is 29.3 Å². The average Bonchev–Trinajstić information content (AvgIpc) is 3.01. The number of anilines is 1. The van der Waals surface area contributed by atoms with Crippen molar-refractivity contribution in [3.05, 3.63) is 59.2 Å². The van der Waals surface area contributed by atoms with Gasteiger partial charge in [-0.2, -0.15) is 8.78 Å². The second-order valence-corrected chi connectivity index (χ2v) is 14.5. The van der Waals surface area contributed by atoms with Gasteiger partial charge in [0, 0.05) is 30.1 Å². The molecule has 270 valence electrons. The molecule has 1 unspecified atom stereocenters. The number of carbonyl (C=O) groups is 4. The highest BCUT2D eigenvalue weighted by atomic mass is 19.2. The van der Waals surface area contributed by atoms with Gasteiger partial charge in [-0.05, 0) is 75.8 Å². The number of hydrogen-bond acceptors (Lipinski definition) is 7. The lowest BCUT2D eigenvalue weighted by Crippen LogP contribution is -2.44. The van der Waals surface area contributed by atoms with E-state index >= 15 is 0 Å². The highest BCUT2D eigenvalue weighted by Gasteiger charge is 2.32. The van der Waals surface area contributed by atoms with Crippen LogP contribution in [0.4, 0.5) is 23.2 Å². The second kappa shape index (κ2) is 16.6. The molecule has 0 heterocycles. The molecule has 0 aliphatic heterocycles. The predicted octanol–water partition coefficient (Wildman–Crippen LogP) is 6.29. The third-order valence-electron chi connectivity index (χ3n) is 8.33. The smallest absolute Gasteiger partial charge is 0.313 e. The number of hydrogen-bond donors (Lipinski definition) is 3. The molecule has 2 aromatic carbocycles. The summed E-state index contributed by atoms with van der Waals surface area (Å²) in [7, 11) is 0. The normalized spacial score (nSPS) is 17.9. The number of ketones is 1. The van der Waals surface area contributed by atoms with Gasteiger partial charge < -0.3 is 25.2 Å². The number of rotatable bonds is 12. The summed E-state index contributed by atoms with van der Waals surface area (Å²) in [6.45, 7) is 10.1. The van der Waals surface area contributed by atoms with Crippen LogP contribution in [0.3, 0.4) is 0 Å². The van der Waals surface area contributed by atoms with E-state index in [2.05, 4.69) is 10.6 Å². The number of nitrogens with one attached hydrogen (secondary N) is 2. The molecule has 1 aliphatic carbocycles. The van der Waals surface area contributed by atoms with E-state index in [1.807, 2.05) is 32.9 Å². The van der Waals surface area contributed by atoms with Crippen molar-refractivity contribution >= 4 is 29.3 Å². The van der Waals surface area contributed by atoms with Gasteiger partial charge in [-0.15, -0.1) is 0 Å². The number of aliphatic hydroxyl groups is 1. The Morgan fingerprint density at radius 3 is 2.06 bits per heavy atom. The molecule has 2 aromatic rings. The Balaban J connectivity index is 1.56. The Bertz CT molecular complexity index is 1490. The predicted molar refractivity (Wildman–Crippen MR) is 174 cm³/mol. The molecule has 0 spiro atoms. The quantitative estimate of drug-likeness (QED) is 0.103. The summed E-state index contributed by atoms with van der Waals surface area (Å²) < 4.78 is 65.6. The van der Waals surface area contributed by atoms with Crippen molar-refractivity contribution < 1.29 is 51.3 Å². The fourth-order valence-electron chi connectivity index (χ4n) is 5.78. The van der Waals surface area contributed by atoms with E-state index in [0.29, 0.717) is 31.4 Å². The van der Waals surface area contributed by atoms with E-state index in [1.165, 1.54) is 0 Å². The molecule has 0 saturated heterocycles. The summed E-state index contributed by atoms with van der Waals surface area (Å²) in [4.78, 5) is 51.1. The minimum Gasteiger partial charge on any atom is -0.485 e. The van der Waals surface area contributed by atoms with Gasteiger partial charge in [0.25, 0.3) is 0 Å². The number of halogens is 4. The molecule has 9 nitrogen and oxygen atoms in total. The topological polar surface area (TPSA) is 131 Å². The summed E-state index contributed by atoms with van der Waals surface area (Å²) in [5.74, 6) is -12.0. The lowest BCUT2D eigenvalue weighted by atomic mass is 9.81. The zero-order valence-electron chi connectivity index (χ0n) is 28.8. The standard InChI is InChI=1S/C36H46F4N2O7/c1-35(2,3)23-9-7-8-10-26(23)42-34(47)33(46)41-22-14-11-20(12-15-22)27(43)16-13-21(17-29(45)49-36(4,5)6)28(44)19-48-32-30(39)24(37)18-25(38)31(32)40/h7-10,18,20-22,28,44H,11-17,19H2,1-6H3,(H,41,46)(H,42,47)/t20-,21-,22-,28?/m0/s1. The highest BCUT2D eigenvalue weighted by molar-refractivity contribution is 6.39. The molecule has 1 saturated carbocycles. The SMILES string of the molecule is CC(C)(C)OC(=O)C[C@H](CCC(=O)[C@H]1CC[C@H](NC(=O)C(=O)Nc2ccccc2C(C)(C)C)CC1)C(O)COc1c(F)c(F)cc(F)c1F. The second-order valence-electron chi connectivity index (χ2n) is 14.5. The first-order valence-electron chi connectivity index (χ1n) is 16.4. The zero-order chi connectivity index (χ0) is 36.7. The minimum atomic E-state index is -1.77. The molecular weight excluding hydrogens is 648 g/mol. The maximum Gasteiger partial charge on any atom is 0.313 e. The Kier molecular flexibility index (Phi) is 13.4. The summed E-state index contributed by atoms with van der Waals surface area (Å²) in [6.07, 6.45) is -0.220. The van der Waals surface area contributed by atoms with Crippen molar-refractivity contribution in [2.45, 2.75) is 110 Å². The third kappa shape index (κ3) is 11.5. The van der Waals surface area contributed by atoms with Crippen LogP contribution in [0.5, 0.6) is 5.75 Å². The van der Waals surface area contributed by atoms with Gasteiger partial charge in [0.1, 0.15) is 18.0 Å². The maximum absolute atomic E-state index is 14.1. The number of ether oxygens (including phenoxy) is 2. The lowest BCUT2D eigenvalue weighted by Gasteiger charge is -2.29. The first-order valence-corrected chi connectivity index (χ1v) is 16.4. The number of aliphatic hydroxyl groups excluding tert-OH is 1. The van der Waals surface area contributed by atoms with Gasteiger partial charge in [-0.25, -0.2) is 8.78 Å². The van der Waals surface area contributed by atoms with Crippen molar-refractivity contribution in [3.63, 3.8) is 0 Å². The van der Waals surface area contributed by atoms with Gasteiger partial charge in [0.2, 0.25) is 11.6 Å². The number of esters is 1. The van der Waals surface area contributed by atoms with Crippen LogP contribution in [0, 0.1) is 35.1 Å². The van der Waals surface area contributed by atoms with Crippen LogP contribution in [0.15, 0.2) is 30.3 Å². The molecule has 0 aromatic heterocycles. The van der Waals surface area contributed by atoms with E-state index in [0.717, 1.165) is 5.56 Å². The van der Waals surface area contributed by atoms with Crippen molar-refractivity contribution in [3.8, 4) is 5.75 Å². The molecule has 49 heavy (non-hydrogen) atoms. The Morgan fingerprint density at radius 2 is 1.49 bits per heavy atom. The van der Waals surface area contributed by atoms with Gasteiger partial charge in [0.15, 0.2) is 17.4 Å². The monoisotopic (exact) mass is 694 g/mol. The summed E-state index contributed by atoms with van der Waals surface area (Å²) >= 11 is 0. The van der Waals surface area contributed by atoms with E-state index in [-0.39, 0.29) is 48.5 Å². The maximum atomic E-state index is 14.1. The average molecular weight is 695 g/mol. The summed E-state index contributed by atoms with van der Waals surface area (Å²) in [5.41, 5.74) is 0.326. The van der Waals surface area contributed by atoms with Crippen molar-refractivity contribution in [2.24, 2.45) is 11.8 Å². The molecule has 3 N–H and O–H groups in total. The Labute approximate surface area is 284 Å². The first kappa shape index (κ1) is 39.4. The molecule has 2 atom stereocenters. The van der Waals surface area contributed by atoms with Crippen LogP contribution in [0.2, 0.25) is 0 Å². The fourth-order valence-corrected chi connectivity index (χ4v) is 5.78. The van der Waals surface area contributed by atoms with E-state index in [1.54, 1.807) is 32.9 Å². The molecule has 13 heteroatoms. The number of para-hydroxylation sites is 1.